The third-order valence-electron chi connectivity index (χ3n) is 10.3. The van der Waals surface area contributed by atoms with E-state index in [1.807, 2.05) is 21.1 Å². The fourth-order valence-corrected chi connectivity index (χ4v) is 7.34. The summed E-state index contributed by atoms with van der Waals surface area (Å²) in [7, 11) is 1.48. The van der Waals surface area contributed by atoms with E-state index in [0.29, 0.717) is 23.9 Å². The highest BCUT2D eigenvalue weighted by molar-refractivity contribution is 7.47. The Bertz CT molecular complexity index is 969. The molecule has 0 aromatic heterocycles. The maximum Gasteiger partial charge on any atom is 0.472 e. The maximum atomic E-state index is 12.7. The molecular formula is C46H91NO8P+. The van der Waals surface area contributed by atoms with Crippen LogP contribution < -0.4 is 0 Å². The summed E-state index contributed by atoms with van der Waals surface area (Å²) in [6, 6.07) is 0. The van der Waals surface area contributed by atoms with Crippen LogP contribution in [0.15, 0.2) is 12.2 Å². The standard InChI is InChI=1S/C46H90NO8P/c1-6-8-10-12-14-16-18-20-22-23-25-27-29-31-33-35-37-39-46(49)55-44(43-54-56(50,51)53-41-40-47(3,4)5)42-52-45(48)38-36-34-32-30-28-26-24-21-19-17-15-13-11-9-7-2/h20,22,44H,6-19,21,23-43H2,1-5H3/p+1/b22-20-. The lowest BCUT2D eigenvalue weighted by molar-refractivity contribution is -0.870. The monoisotopic (exact) mass is 817 g/mol. The minimum atomic E-state index is -4.37. The second kappa shape index (κ2) is 39.2. The highest BCUT2D eigenvalue weighted by atomic mass is 31.2. The van der Waals surface area contributed by atoms with Crippen LogP contribution in [0, 0.1) is 0 Å². The zero-order valence-corrected chi connectivity index (χ0v) is 38.3. The second-order valence-electron chi connectivity index (χ2n) is 17.1. The number of hydrogen-bond acceptors (Lipinski definition) is 7. The Morgan fingerprint density at radius 1 is 0.536 bits per heavy atom. The molecule has 0 aliphatic heterocycles. The van der Waals surface area contributed by atoms with Crippen LogP contribution in [0.5, 0.6) is 0 Å². The van der Waals surface area contributed by atoms with Gasteiger partial charge >= 0.3 is 19.8 Å². The van der Waals surface area contributed by atoms with Crippen LogP contribution in [0.25, 0.3) is 0 Å². The number of likely N-dealkylation sites (N-methyl/N-ethyl adjacent to an activating group) is 1. The molecule has 1 N–H and O–H groups in total. The molecule has 0 radical (unpaired) electrons. The molecule has 0 bridgehead atoms. The molecule has 0 heterocycles. The van der Waals surface area contributed by atoms with Crippen molar-refractivity contribution in [3.05, 3.63) is 12.2 Å². The van der Waals surface area contributed by atoms with Gasteiger partial charge in [0.15, 0.2) is 6.10 Å². The van der Waals surface area contributed by atoms with Gasteiger partial charge in [-0.3, -0.25) is 18.6 Å². The van der Waals surface area contributed by atoms with Gasteiger partial charge in [0.05, 0.1) is 27.7 Å². The van der Waals surface area contributed by atoms with Gasteiger partial charge in [0.25, 0.3) is 0 Å². The molecule has 10 heteroatoms. The summed E-state index contributed by atoms with van der Waals surface area (Å²) in [6.45, 7) is 4.44. The van der Waals surface area contributed by atoms with E-state index in [1.165, 1.54) is 141 Å². The molecule has 0 spiro atoms. The molecule has 332 valence electrons. The van der Waals surface area contributed by atoms with E-state index in [0.717, 1.165) is 44.9 Å². The summed E-state index contributed by atoms with van der Waals surface area (Å²) in [5.41, 5.74) is 0. The first-order valence-corrected chi connectivity index (χ1v) is 24.9. The van der Waals surface area contributed by atoms with Gasteiger partial charge < -0.3 is 18.9 Å². The highest BCUT2D eigenvalue weighted by Crippen LogP contribution is 2.43. The number of phosphoric acid groups is 1. The van der Waals surface area contributed by atoms with Crippen molar-refractivity contribution in [2.75, 3.05) is 47.5 Å². The predicted molar refractivity (Wildman–Crippen MR) is 234 cm³/mol. The fraction of sp³-hybridized carbons (Fsp3) is 0.913. The first-order chi connectivity index (χ1) is 27.0. The Morgan fingerprint density at radius 2 is 0.911 bits per heavy atom. The van der Waals surface area contributed by atoms with Gasteiger partial charge in [-0.2, -0.15) is 0 Å². The van der Waals surface area contributed by atoms with Gasteiger partial charge in [-0.25, -0.2) is 4.57 Å². The van der Waals surface area contributed by atoms with Crippen molar-refractivity contribution in [2.24, 2.45) is 0 Å². The first-order valence-electron chi connectivity index (χ1n) is 23.4. The average molecular weight is 817 g/mol. The highest BCUT2D eigenvalue weighted by Gasteiger charge is 2.27. The van der Waals surface area contributed by atoms with E-state index >= 15 is 0 Å². The number of rotatable bonds is 43. The molecule has 0 saturated carbocycles. The fourth-order valence-electron chi connectivity index (χ4n) is 6.60. The van der Waals surface area contributed by atoms with E-state index in [-0.39, 0.29) is 25.6 Å². The van der Waals surface area contributed by atoms with E-state index in [4.69, 9.17) is 18.5 Å². The zero-order valence-electron chi connectivity index (χ0n) is 37.4. The normalized spacial score (nSPS) is 13.6. The van der Waals surface area contributed by atoms with Crippen LogP contribution in [0.1, 0.15) is 219 Å². The molecule has 0 amide bonds. The number of ether oxygens (including phenoxy) is 2. The van der Waals surface area contributed by atoms with E-state index in [1.54, 1.807) is 0 Å². The summed E-state index contributed by atoms with van der Waals surface area (Å²) in [5, 5.41) is 0. The Kier molecular flexibility index (Phi) is 38.3. The maximum absolute atomic E-state index is 12.7. The van der Waals surface area contributed by atoms with Gasteiger partial charge in [0.1, 0.15) is 19.8 Å². The SMILES string of the molecule is CCCCCCCC/C=C\CCCCCCCCCC(=O)OC(COC(=O)CCCCCCCCCCCCCCCCC)COP(=O)(O)OCC[N+](C)(C)C. The number of hydrogen-bond donors (Lipinski definition) is 1. The van der Waals surface area contributed by atoms with Crippen molar-refractivity contribution in [3.63, 3.8) is 0 Å². The number of carbonyl (C=O) groups excluding carboxylic acids is 2. The van der Waals surface area contributed by atoms with Crippen LogP contribution in [-0.4, -0.2) is 74.9 Å². The number of phosphoric ester groups is 1. The smallest absolute Gasteiger partial charge is 0.462 e. The zero-order chi connectivity index (χ0) is 41.4. The summed E-state index contributed by atoms with van der Waals surface area (Å²) in [4.78, 5) is 35.4. The lowest BCUT2D eigenvalue weighted by atomic mass is 10.0. The Hall–Kier alpha value is -1.25. The number of allylic oxidation sites excluding steroid dienone is 2. The topological polar surface area (TPSA) is 108 Å². The molecule has 0 rings (SSSR count). The van der Waals surface area contributed by atoms with Crippen LogP contribution >= 0.6 is 7.82 Å². The quantitative estimate of drug-likeness (QED) is 0.0213. The molecule has 0 aliphatic rings. The molecule has 0 aliphatic carbocycles. The molecule has 0 fully saturated rings. The van der Waals surface area contributed by atoms with Gasteiger partial charge in [-0.15, -0.1) is 0 Å². The molecule has 2 unspecified atom stereocenters. The van der Waals surface area contributed by atoms with E-state index in [2.05, 4.69) is 26.0 Å². The van der Waals surface area contributed by atoms with Crippen LogP contribution in [0.2, 0.25) is 0 Å². The summed E-state index contributed by atoms with van der Waals surface area (Å²) in [5.74, 6) is -0.792. The van der Waals surface area contributed by atoms with Gasteiger partial charge in [0.2, 0.25) is 0 Å². The Balaban J connectivity index is 4.30. The Labute approximate surface area is 346 Å². The van der Waals surface area contributed by atoms with E-state index in [9.17, 15) is 19.0 Å². The van der Waals surface area contributed by atoms with Crippen LogP contribution in [0.4, 0.5) is 0 Å². The van der Waals surface area contributed by atoms with E-state index < -0.39 is 26.5 Å². The largest absolute Gasteiger partial charge is 0.472 e. The van der Waals surface area contributed by atoms with Crippen molar-refractivity contribution in [1.82, 2.24) is 0 Å². The van der Waals surface area contributed by atoms with Crippen molar-refractivity contribution in [2.45, 2.75) is 225 Å². The summed E-state index contributed by atoms with van der Waals surface area (Å²) >= 11 is 0. The summed E-state index contributed by atoms with van der Waals surface area (Å²) < 4.78 is 34.4. The molecule has 2 atom stereocenters. The van der Waals surface area contributed by atoms with Gasteiger partial charge in [-0.1, -0.05) is 180 Å². The average Bonchev–Trinajstić information content (AvgIpc) is 3.15. The lowest BCUT2D eigenvalue weighted by Gasteiger charge is -2.24. The molecule has 0 aromatic rings. The molecule has 0 aromatic carbocycles. The third kappa shape index (κ3) is 42.4. The van der Waals surface area contributed by atoms with Crippen LogP contribution in [-0.2, 0) is 32.7 Å². The number of carbonyl (C=O) groups is 2. The predicted octanol–water partition coefficient (Wildman–Crippen LogP) is 13.4. The molecule has 0 saturated heterocycles. The number of nitrogens with zero attached hydrogens (tertiary/aromatic N) is 1. The van der Waals surface area contributed by atoms with Crippen molar-refractivity contribution in [1.29, 1.82) is 0 Å². The number of quaternary nitrogens is 1. The van der Waals surface area contributed by atoms with Crippen molar-refractivity contribution < 1.29 is 42.1 Å². The third-order valence-corrected chi connectivity index (χ3v) is 11.3. The second-order valence-corrected chi connectivity index (χ2v) is 18.6. The van der Waals surface area contributed by atoms with Crippen molar-refractivity contribution >= 4 is 19.8 Å². The first kappa shape index (κ1) is 54.8. The molecule has 9 nitrogen and oxygen atoms in total. The molecular weight excluding hydrogens is 725 g/mol. The lowest BCUT2D eigenvalue weighted by Crippen LogP contribution is -2.37. The number of esters is 2. The van der Waals surface area contributed by atoms with Crippen molar-refractivity contribution in [3.8, 4) is 0 Å². The minimum Gasteiger partial charge on any atom is -0.462 e. The van der Waals surface area contributed by atoms with Crippen LogP contribution in [0.3, 0.4) is 0 Å². The van der Waals surface area contributed by atoms with Gasteiger partial charge in [-0.05, 0) is 38.5 Å². The Morgan fingerprint density at radius 3 is 1.32 bits per heavy atom. The van der Waals surface area contributed by atoms with Gasteiger partial charge in [0, 0.05) is 12.8 Å². The summed E-state index contributed by atoms with van der Waals surface area (Å²) in [6.07, 6.45) is 41.1. The number of unbranched alkanes of at least 4 members (excludes halogenated alkanes) is 27. The minimum absolute atomic E-state index is 0.0341. The molecule has 56 heavy (non-hydrogen) atoms.